The lowest BCUT2D eigenvalue weighted by Crippen LogP contribution is -2.31. The van der Waals surface area contributed by atoms with E-state index in [1.165, 1.54) is 11.3 Å². The molecule has 4 nitrogen and oxygen atoms in total. The van der Waals surface area contributed by atoms with Gasteiger partial charge >= 0.3 is 5.97 Å². The molecule has 0 bridgehead atoms. The van der Waals surface area contributed by atoms with E-state index in [2.05, 4.69) is 4.98 Å². The molecular formula is C6H7ClN2O2S. The largest absolute Gasteiger partial charge is 0.480 e. The normalized spacial score (nSPS) is 12.8. The highest BCUT2D eigenvalue weighted by Gasteiger charge is 2.15. The van der Waals surface area contributed by atoms with Crippen LogP contribution >= 0.6 is 22.9 Å². The first-order valence-corrected chi connectivity index (χ1v) is 4.43. The van der Waals surface area contributed by atoms with Crippen LogP contribution in [0.4, 0.5) is 0 Å². The van der Waals surface area contributed by atoms with Crippen molar-refractivity contribution in [1.29, 1.82) is 0 Å². The standard InChI is InChI=1S/C6H7ClN2O2S/c7-5-4(12-2-9-5)1-3(8)6(10)11/h2-3H,1,8H2,(H,10,11)/t3-/m0/s1. The van der Waals surface area contributed by atoms with Gasteiger partial charge in [-0.15, -0.1) is 11.3 Å². The average Bonchev–Trinajstić information content (AvgIpc) is 2.36. The van der Waals surface area contributed by atoms with Gasteiger partial charge in [-0.05, 0) is 0 Å². The van der Waals surface area contributed by atoms with E-state index in [4.69, 9.17) is 22.4 Å². The van der Waals surface area contributed by atoms with Crippen LogP contribution in [0.5, 0.6) is 0 Å². The molecule has 0 radical (unpaired) electrons. The lowest BCUT2D eigenvalue weighted by molar-refractivity contribution is -0.138. The maximum atomic E-state index is 10.4. The fourth-order valence-electron chi connectivity index (χ4n) is 0.676. The number of hydrogen-bond donors (Lipinski definition) is 2. The van der Waals surface area contributed by atoms with Gasteiger partial charge < -0.3 is 10.8 Å². The molecule has 6 heteroatoms. The van der Waals surface area contributed by atoms with Crippen molar-refractivity contribution < 1.29 is 9.90 Å². The molecule has 0 fully saturated rings. The fourth-order valence-corrected chi connectivity index (χ4v) is 1.70. The summed E-state index contributed by atoms with van der Waals surface area (Å²) >= 11 is 6.95. The summed E-state index contributed by atoms with van der Waals surface area (Å²) in [6.07, 6.45) is 0.235. The molecule has 0 unspecified atom stereocenters. The molecule has 0 saturated carbocycles. The summed E-state index contributed by atoms with van der Waals surface area (Å²) in [5, 5.41) is 8.83. The number of carboxylic acid groups (broad SMARTS) is 1. The van der Waals surface area contributed by atoms with Crippen LogP contribution < -0.4 is 5.73 Å². The van der Waals surface area contributed by atoms with Crippen molar-refractivity contribution in [2.24, 2.45) is 5.73 Å². The number of aromatic nitrogens is 1. The van der Waals surface area contributed by atoms with Crippen LogP contribution in [-0.2, 0) is 11.2 Å². The van der Waals surface area contributed by atoms with Gasteiger partial charge in [0.1, 0.15) is 11.2 Å². The van der Waals surface area contributed by atoms with E-state index in [0.717, 1.165) is 0 Å². The Labute approximate surface area is 78.0 Å². The topological polar surface area (TPSA) is 76.2 Å². The molecule has 3 N–H and O–H groups in total. The summed E-state index contributed by atoms with van der Waals surface area (Å²) in [5.74, 6) is -1.03. The van der Waals surface area contributed by atoms with E-state index < -0.39 is 12.0 Å². The SMILES string of the molecule is N[C@@H](Cc1scnc1Cl)C(=O)O. The third-order valence-corrected chi connectivity index (χ3v) is 2.61. The predicted molar refractivity (Wildman–Crippen MR) is 46.4 cm³/mol. The van der Waals surface area contributed by atoms with Gasteiger partial charge in [0.2, 0.25) is 0 Å². The highest BCUT2D eigenvalue weighted by Crippen LogP contribution is 2.19. The molecule has 0 aliphatic heterocycles. The van der Waals surface area contributed by atoms with Crippen molar-refractivity contribution in [1.82, 2.24) is 4.98 Å². The fraction of sp³-hybridized carbons (Fsp3) is 0.333. The van der Waals surface area contributed by atoms with Gasteiger partial charge in [-0.2, -0.15) is 0 Å². The van der Waals surface area contributed by atoms with Gasteiger partial charge in [0.15, 0.2) is 0 Å². The van der Waals surface area contributed by atoms with E-state index in [9.17, 15) is 4.79 Å². The van der Waals surface area contributed by atoms with Crippen molar-refractivity contribution in [2.45, 2.75) is 12.5 Å². The summed E-state index contributed by atoms with van der Waals surface area (Å²) in [6.45, 7) is 0. The molecule has 0 amide bonds. The molecule has 1 atom stereocenters. The molecule has 1 aromatic rings. The first kappa shape index (κ1) is 9.44. The molecule has 12 heavy (non-hydrogen) atoms. The van der Waals surface area contributed by atoms with Crippen LogP contribution in [0.1, 0.15) is 4.88 Å². The zero-order valence-corrected chi connectivity index (χ0v) is 7.60. The lowest BCUT2D eigenvalue weighted by atomic mass is 10.2. The number of carboxylic acids is 1. The first-order valence-electron chi connectivity index (χ1n) is 3.17. The number of thiazole rings is 1. The summed E-state index contributed by atoms with van der Waals surface area (Å²) in [6, 6.07) is -0.900. The highest BCUT2D eigenvalue weighted by atomic mass is 35.5. The number of hydrogen-bond acceptors (Lipinski definition) is 4. The van der Waals surface area contributed by atoms with Crippen LogP contribution in [0.3, 0.4) is 0 Å². The van der Waals surface area contributed by atoms with Crippen molar-refractivity contribution in [3.05, 3.63) is 15.5 Å². The maximum absolute atomic E-state index is 10.4. The molecule has 1 rings (SSSR count). The van der Waals surface area contributed by atoms with Gasteiger partial charge in [0.05, 0.1) is 5.51 Å². The number of nitrogens with zero attached hydrogens (tertiary/aromatic N) is 1. The molecule has 0 aliphatic carbocycles. The van der Waals surface area contributed by atoms with Gasteiger partial charge in [-0.3, -0.25) is 4.79 Å². The zero-order valence-electron chi connectivity index (χ0n) is 6.03. The molecule has 0 aliphatic rings. The Hall–Kier alpha value is -0.650. The maximum Gasteiger partial charge on any atom is 0.320 e. The third-order valence-electron chi connectivity index (χ3n) is 1.31. The van der Waals surface area contributed by atoms with Crippen LogP contribution in [-0.4, -0.2) is 22.1 Å². The number of nitrogens with two attached hydrogens (primary N) is 1. The second-order valence-electron chi connectivity index (χ2n) is 2.22. The first-order chi connectivity index (χ1) is 5.61. The quantitative estimate of drug-likeness (QED) is 0.765. The van der Waals surface area contributed by atoms with Gasteiger partial charge in [-0.25, -0.2) is 4.98 Å². The monoisotopic (exact) mass is 206 g/mol. The average molecular weight is 207 g/mol. The second-order valence-corrected chi connectivity index (χ2v) is 3.51. The molecular weight excluding hydrogens is 200 g/mol. The molecule has 0 saturated heterocycles. The van der Waals surface area contributed by atoms with E-state index in [1.807, 2.05) is 0 Å². The van der Waals surface area contributed by atoms with E-state index in [0.29, 0.717) is 10.0 Å². The Balaban J connectivity index is 2.64. The van der Waals surface area contributed by atoms with Crippen LogP contribution in [0.25, 0.3) is 0 Å². The Morgan fingerprint density at radius 2 is 2.58 bits per heavy atom. The van der Waals surface area contributed by atoms with Crippen LogP contribution in [0.15, 0.2) is 5.51 Å². The van der Waals surface area contributed by atoms with Crippen LogP contribution in [0, 0.1) is 0 Å². The van der Waals surface area contributed by atoms with Crippen molar-refractivity contribution >= 4 is 28.9 Å². The highest BCUT2D eigenvalue weighted by molar-refractivity contribution is 7.10. The van der Waals surface area contributed by atoms with Crippen molar-refractivity contribution in [3.63, 3.8) is 0 Å². The van der Waals surface area contributed by atoms with E-state index in [1.54, 1.807) is 5.51 Å². The molecule has 0 aromatic carbocycles. The number of aliphatic carboxylic acids is 1. The number of halogens is 1. The van der Waals surface area contributed by atoms with Gasteiger partial charge in [0.25, 0.3) is 0 Å². The number of carbonyl (C=O) groups is 1. The Morgan fingerprint density at radius 3 is 3.00 bits per heavy atom. The van der Waals surface area contributed by atoms with E-state index >= 15 is 0 Å². The molecule has 1 heterocycles. The van der Waals surface area contributed by atoms with Gasteiger partial charge in [-0.1, -0.05) is 11.6 Å². The molecule has 66 valence electrons. The van der Waals surface area contributed by atoms with Gasteiger partial charge in [0, 0.05) is 11.3 Å². The zero-order chi connectivity index (χ0) is 9.14. The number of rotatable bonds is 3. The Kier molecular flexibility index (Phi) is 3.02. The summed E-state index contributed by atoms with van der Waals surface area (Å²) in [7, 11) is 0. The second kappa shape index (κ2) is 3.84. The molecule has 0 spiro atoms. The Morgan fingerprint density at radius 1 is 1.92 bits per heavy atom. The lowest BCUT2D eigenvalue weighted by Gasteiger charge is -2.02. The molecule has 1 aromatic heterocycles. The minimum Gasteiger partial charge on any atom is -0.480 e. The predicted octanol–water partition coefficient (Wildman–Crippen LogP) is 0.751. The summed E-state index contributed by atoms with van der Waals surface area (Å²) in [4.78, 5) is 14.8. The minimum absolute atomic E-state index is 0.235. The van der Waals surface area contributed by atoms with Crippen molar-refractivity contribution in [3.8, 4) is 0 Å². The van der Waals surface area contributed by atoms with Crippen LogP contribution in [0.2, 0.25) is 5.15 Å². The summed E-state index contributed by atoms with van der Waals surface area (Å²) < 4.78 is 0. The Bertz CT molecular complexity index is 289. The van der Waals surface area contributed by atoms with Crippen molar-refractivity contribution in [2.75, 3.05) is 0 Å². The summed E-state index contributed by atoms with van der Waals surface area (Å²) in [5.41, 5.74) is 6.86. The van der Waals surface area contributed by atoms with E-state index in [-0.39, 0.29) is 6.42 Å². The minimum atomic E-state index is -1.03. The smallest absolute Gasteiger partial charge is 0.320 e. The third kappa shape index (κ3) is 2.17.